The van der Waals surface area contributed by atoms with Crippen LogP contribution in [0.25, 0.3) is 0 Å². The highest BCUT2D eigenvalue weighted by Crippen LogP contribution is 2.29. The summed E-state index contributed by atoms with van der Waals surface area (Å²) >= 11 is 0. The molecule has 0 atom stereocenters. The molecule has 0 N–H and O–H groups in total. The molecule has 6 nitrogen and oxygen atoms in total. The monoisotopic (exact) mass is 436 g/mol. The molecule has 30 heavy (non-hydrogen) atoms. The Hall–Kier alpha value is -3.40. The van der Waals surface area contributed by atoms with Crippen LogP contribution in [0.15, 0.2) is 65.6 Å². The first-order valence-electron chi connectivity index (χ1n) is 8.57. The number of nitrogens with zero attached hydrogens (tertiary/aromatic N) is 2. The molecule has 0 bridgehead atoms. The van der Waals surface area contributed by atoms with Crippen molar-refractivity contribution in [3.63, 3.8) is 0 Å². The second-order valence-corrected chi connectivity index (χ2v) is 8.29. The zero-order valence-electron chi connectivity index (χ0n) is 15.6. The number of aryl methyl sites for hydroxylation is 1. The minimum Gasteiger partial charge on any atom is -0.262 e. The summed E-state index contributed by atoms with van der Waals surface area (Å²) in [5, 5.41) is 10.8. The molecule has 3 aromatic carbocycles. The molecule has 0 amide bonds. The van der Waals surface area contributed by atoms with Crippen molar-refractivity contribution >= 4 is 21.4 Å². The lowest BCUT2D eigenvalue weighted by atomic mass is 10.2. The number of halogens is 3. The summed E-state index contributed by atoms with van der Waals surface area (Å²) in [5.74, 6) is -2.47. The molecule has 0 saturated heterocycles. The second-order valence-electron chi connectivity index (χ2n) is 6.43. The van der Waals surface area contributed by atoms with Gasteiger partial charge in [0.1, 0.15) is 17.5 Å². The van der Waals surface area contributed by atoms with Crippen molar-refractivity contribution in [2.45, 2.75) is 18.4 Å². The molecule has 0 aliphatic rings. The zero-order chi connectivity index (χ0) is 22.1. The maximum Gasteiger partial charge on any atom is 0.269 e. The van der Waals surface area contributed by atoms with Crippen molar-refractivity contribution in [2.75, 3.05) is 4.31 Å². The van der Waals surface area contributed by atoms with Gasteiger partial charge in [-0.25, -0.2) is 21.6 Å². The Morgan fingerprint density at radius 3 is 2.17 bits per heavy atom. The smallest absolute Gasteiger partial charge is 0.262 e. The van der Waals surface area contributed by atoms with Gasteiger partial charge in [-0.05, 0) is 42.8 Å². The third kappa shape index (κ3) is 4.28. The largest absolute Gasteiger partial charge is 0.269 e. The average Bonchev–Trinajstić information content (AvgIpc) is 2.69. The number of benzene rings is 3. The number of anilines is 1. The van der Waals surface area contributed by atoms with Gasteiger partial charge in [0.15, 0.2) is 0 Å². The minimum absolute atomic E-state index is 0.0832. The van der Waals surface area contributed by atoms with E-state index < -0.39 is 38.9 Å². The van der Waals surface area contributed by atoms with Crippen LogP contribution >= 0.6 is 0 Å². The molecule has 10 heteroatoms. The van der Waals surface area contributed by atoms with Crippen LogP contribution < -0.4 is 4.31 Å². The number of nitro groups is 1. The van der Waals surface area contributed by atoms with Gasteiger partial charge in [0, 0.05) is 23.8 Å². The molecule has 0 aliphatic heterocycles. The van der Waals surface area contributed by atoms with Crippen LogP contribution in [0, 0.1) is 34.5 Å². The van der Waals surface area contributed by atoms with Gasteiger partial charge in [0.2, 0.25) is 0 Å². The van der Waals surface area contributed by atoms with Gasteiger partial charge in [-0.3, -0.25) is 14.4 Å². The van der Waals surface area contributed by atoms with Crippen molar-refractivity contribution in [1.29, 1.82) is 0 Å². The van der Waals surface area contributed by atoms with Crippen molar-refractivity contribution in [2.24, 2.45) is 0 Å². The van der Waals surface area contributed by atoms with E-state index in [1.807, 2.05) is 0 Å². The molecule has 0 fully saturated rings. The number of hydrogen-bond donors (Lipinski definition) is 0. The van der Waals surface area contributed by atoms with E-state index in [1.54, 1.807) is 0 Å². The molecule has 156 valence electrons. The number of sulfonamides is 1. The summed E-state index contributed by atoms with van der Waals surface area (Å²) in [6.45, 7) is 0.946. The summed E-state index contributed by atoms with van der Waals surface area (Å²) in [6, 6.07) is 10.5. The first kappa shape index (κ1) is 21.3. The Bertz CT molecular complexity index is 1220. The highest BCUT2D eigenvalue weighted by molar-refractivity contribution is 7.92. The summed E-state index contributed by atoms with van der Waals surface area (Å²) in [5.41, 5.74) is -0.256. The molecule has 0 unspecified atom stereocenters. The minimum atomic E-state index is -4.37. The molecular weight excluding hydrogens is 421 g/mol. The number of rotatable bonds is 6. The third-order valence-electron chi connectivity index (χ3n) is 4.41. The van der Waals surface area contributed by atoms with Gasteiger partial charge >= 0.3 is 0 Å². The van der Waals surface area contributed by atoms with E-state index in [4.69, 9.17) is 0 Å². The van der Waals surface area contributed by atoms with Gasteiger partial charge < -0.3 is 0 Å². The summed E-state index contributed by atoms with van der Waals surface area (Å²) in [7, 11) is -4.37. The average molecular weight is 436 g/mol. The molecule has 0 heterocycles. The topological polar surface area (TPSA) is 80.5 Å². The predicted octanol–water partition coefficient (Wildman–Crippen LogP) is 4.72. The molecule has 0 aromatic heterocycles. The van der Waals surface area contributed by atoms with Crippen LogP contribution in [0.1, 0.15) is 11.1 Å². The van der Waals surface area contributed by atoms with Gasteiger partial charge in [-0.2, -0.15) is 0 Å². The Labute approximate surface area is 170 Å². The zero-order valence-corrected chi connectivity index (χ0v) is 16.4. The van der Waals surface area contributed by atoms with Crippen LogP contribution in [-0.2, 0) is 16.6 Å². The highest BCUT2D eigenvalue weighted by Gasteiger charge is 2.27. The number of hydrogen-bond acceptors (Lipinski definition) is 4. The quantitative estimate of drug-likeness (QED) is 0.414. The third-order valence-corrected chi connectivity index (χ3v) is 6.20. The predicted molar refractivity (Wildman–Crippen MR) is 104 cm³/mol. The normalized spacial score (nSPS) is 11.3. The van der Waals surface area contributed by atoms with Gasteiger partial charge in [0.25, 0.3) is 15.7 Å². The fraction of sp³-hybridized carbons (Fsp3) is 0.100. The van der Waals surface area contributed by atoms with Crippen molar-refractivity contribution in [1.82, 2.24) is 0 Å². The SMILES string of the molecule is Cc1ccc(N(Cc2ccc(F)cc2F)S(=O)(=O)c2ccc([N+](=O)[O-])cc2)cc1F. The van der Waals surface area contributed by atoms with E-state index in [0.717, 1.165) is 46.8 Å². The van der Waals surface area contributed by atoms with Crippen LogP contribution in [-0.4, -0.2) is 13.3 Å². The van der Waals surface area contributed by atoms with Crippen LogP contribution in [0.3, 0.4) is 0 Å². The van der Waals surface area contributed by atoms with Gasteiger partial charge in [0.05, 0.1) is 22.1 Å². The lowest BCUT2D eigenvalue weighted by Gasteiger charge is -2.25. The molecule has 3 rings (SSSR count). The van der Waals surface area contributed by atoms with E-state index in [2.05, 4.69) is 0 Å². The van der Waals surface area contributed by atoms with Crippen LogP contribution in [0.4, 0.5) is 24.5 Å². The van der Waals surface area contributed by atoms with Crippen molar-refractivity contribution < 1.29 is 26.5 Å². The summed E-state index contributed by atoms with van der Waals surface area (Å²) in [4.78, 5) is 9.83. The molecule has 3 aromatic rings. The molecule has 0 radical (unpaired) electrons. The van der Waals surface area contributed by atoms with E-state index in [9.17, 15) is 31.7 Å². The molecular formula is C20H15F3N2O4S. The lowest BCUT2D eigenvalue weighted by molar-refractivity contribution is -0.384. The summed E-state index contributed by atoms with van der Waals surface area (Å²) < 4.78 is 68.8. The highest BCUT2D eigenvalue weighted by atomic mass is 32.2. The van der Waals surface area contributed by atoms with Crippen LogP contribution in [0.5, 0.6) is 0 Å². The first-order valence-corrected chi connectivity index (χ1v) is 10.0. The Kier molecular flexibility index (Phi) is 5.79. The standard InChI is InChI=1S/C20H15F3N2O4S/c1-13-2-5-17(11-19(13)22)24(12-14-3-4-15(21)10-20(14)23)30(28,29)18-8-6-16(7-9-18)25(26)27/h2-11H,12H2,1H3. The van der Waals surface area contributed by atoms with Gasteiger partial charge in [-0.15, -0.1) is 0 Å². The maximum atomic E-state index is 14.2. The fourth-order valence-corrected chi connectivity index (χ4v) is 4.16. The van der Waals surface area contributed by atoms with E-state index in [0.29, 0.717) is 6.07 Å². The number of non-ortho nitro benzene ring substituents is 1. The van der Waals surface area contributed by atoms with E-state index >= 15 is 0 Å². The van der Waals surface area contributed by atoms with Gasteiger partial charge in [-0.1, -0.05) is 12.1 Å². The lowest BCUT2D eigenvalue weighted by Crippen LogP contribution is -2.31. The maximum absolute atomic E-state index is 14.2. The Morgan fingerprint density at radius 1 is 0.933 bits per heavy atom. The number of nitro benzene ring substituents is 1. The van der Waals surface area contributed by atoms with E-state index in [-0.39, 0.29) is 27.4 Å². The Morgan fingerprint density at radius 2 is 1.60 bits per heavy atom. The van der Waals surface area contributed by atoms with Crippen molar-refractivity contribution in [3.8, 4) is 0 Å². The Balaban J connectivity index is 2.11. The summed E-state index contributed by atoms with van der Waals surface area (Å²) in [6.07, 6.45) is 0. The first-order chi connectivity index (χ1) is 14.1. The van der Waals surface area contributed by atoms with Crippen LogP contribution in [0.2, 0.25) is 0 Å². The fourth-order valence-electron chi connectivity index (χ4n) is 2.72. The second kappa shape index (κ2) is 8.15. The van der Waals surface area contributed by atoms with E-state index in [1.165, 1.54) is 19.1 Å². The molecule has 0 saturated carbocycles. The molecule has 0 spiro atoms. The molecule has 0 aliphatic carbocycles. The van der Waals surface area contributed by atoms with Crippen molar-refractivity contribution in [3.05, 3.63) is 99.4 Å².